The molecule has 0 heterocycles. The first-order chi connectivity index (χ1) is 11.5. The minimum Gasteiger partial charge on any atom is -0.489 e. The van der Waals surface area contributed by atoms with Crippen LogP contribution in [0.2, 0.25) is 0 Å². The Hall–Kier alpha value is -3.20. The molecule has 24 heavy (non-hydrogen) atoms. The molecule has 0 saturated heterocycles. The molecule has 0 amide bonds. The molecule has 4 nitrogen and oxygen atoms in total. The van der Waals surface area contributed by atoms with Gasteiger partial charge in [0.25, 0.3) is 0 Å². The van der Waals surface area contributed by atoms with E-state index in [0.29, 0.717) is 0 Å². The highest BCUT2D eigenvalue weighted by Crippen LogP contribution is 2.21. The van der Waals surface area contributed by atoms with Crippen molar-refractivity contribution < 1.29 is 23.0 Å². The first kappa shape index (κ1) is 17.2. The summed E-state index contributed by atoms with van der Waals surface area (Å²) >= 11 is 0. The summed E-state index contributed by atoms with van der Waals surface area (Å²) in [4.78, 5) is 12.0. The van der Waals surface area contributed by atoms with Crippen LogP contribution in [0.4, 0.5) is 8.78 Å². The predicted molar refractivity (Wildman–Crippen MR) is 82.8 cm³/mol. The normalized spacial score (nSPS) is 10.4. The second-order valence-corrected chi connectivity index (χ2v) is 4.66. The number of hydrogen-bond donors (Lipinski definition) is 0. The lowest BCUT2D eigenvalue weighted by molar-refractivity contribution is 0.0729. The third-order valence-electron chi connectivity index (χ3n) is 3.01. The van der Waals surface area contributed by atoms with E-state index in [-0.39, 0.29) is 29.2 Å². The van der Waals surface area contributed by atoms with E-state index < -0.39 is 17.6 Å². The number of nitrogens with zero attached hydrogens (tertiary/aromatic N) is 1. The molecule has 0 N–H and O–H groups in total. The molecular weight excluding hydrogens is 316 g/mol. The quantitative estimate of drug-likeness (QED) is 0.472. The number of halogens is 2. The summed E-state index contributed by atoms with van der Waals surface area (Å²) in [7, 11) is 0. The topological polar surface area (TPSA) is 59.3 Å². The molecule has 122 valence electrons. The molecule has 0 spiro atoms. The van der Waals surface area contributed by atoms with Gasteiger partial charge in [0.05, 0.1) is 11.1 Å². The molecule has 2 rings (SSSR count). The van der Waals surface area contributed by atoms with E-state index in [2.05, 4.69) is 0 Å². The maximum atomic E-state index is 14.0. The van der Waals surface area contributed by atoms with Crippen molar-refractivity contribution in [3.05, 3.63) is 71.3 Å². The molecule has 0 aliphatic carbocycles. The number of hydrogen-bond acceptors (Lipinski definition) is 4. The van der Waals surface area contributed by atoms with Crippen molar-refractivity contribution >= 4 is 5.97 Å². The van der Waals surface area contributed by atoms with Gasteiger partial charge in [-0.2, -0.15) is 5.26 Å². The van der Waals surface area contributed by atoms with Crippen LogP contribution in [0.1, 0.15) is 22.8 Å². The van der Waals surface area contributed by atoms with Crippen LogP contribution in [-0.4, -0.2) is 12.6 Å². The maximum Gasteiger partial charge on any atom is 0.346 e. The summed E-state index contributed by atoms with van der Waals surface area (Å²) in [5.74, 6) is -2.46. The maximum absolute atomic E-state index is 14.0. The fraction of sp³-hybridized carbons (Fsp3) is 0.111. The zero-order chi connectivity index (χ0) is 17.5. The Morgan fingerprint density at radius 3 is 2.50 bits per heavy atom. The van der Waals surface area contributed by atoms with Crippen LogP contribution in [0, 0.1) is 23.0 Å². The monoisotopic (exact) mass is 329 g/mol. The van der Waals surface area contributed by atoms with Gasteiger partial charge >= 0.3 is 5.97 Å². The Kier molecular flexibility index (Phi) is 5.63. The Labute approximate surface area is 137 Å². The average molecular weight is 329 g/mol. The lowest BCUT2D eigenvalue weighted by atomic mass is 10.2. The molecular formula is C18H13F2NO3. The fourth-order valence-electron chi connectivity index (χ4n) is 1.80. The zero-order valence-electron chi connectivity index (χ0n) is 12.8. The molecule has 2 aromatic rings. The number of carbonyl (C=O) groups is 1. The van der Waals surface area contributed by atoms with Crippen molar-refractivity contribution in [3.63, 3.8) is 0 Å². The molecule has 0 fully saturated rings. The number of benzene rings is 2. The Morgan fingerprint density at radius 2 is 1.88 bits per heavy atom. The minimum atomic E-state index is -0.975. The standard InChI is InChI=1S/C18H13F2NO3/c1-2-3-8-23-13-6-7-15(17(20)9-13)18(22)24-14-5-4-12(11-21)16(19)10-14/h2-7,9-10H,8H2,1H3/b3-2+. The van der Waals surface area contributed by atoms with Gasteiger partial charge in [0.15, 0.2) is 0 Å². The molecule has 2 aromatic carbocycles. The van der Waals surface area contributed by atoms with E-state index in [9.17, 15) is 13.6 Å². The van der Waals surface area contributed by atoms with Gasteiger partial charge in [0.1, 0.15) is 35.8 Å². The van der Waals surface area contributed by atoms with Crippen molar-refractivity contribution in [2.24, 2.45) is 0 Å². The summed E-state index contributed by atoms with van der Waals surface area (Å²) in [6.45, 7) is 2.11. The average Bonchev–Trinajstić information content (AvgIpc) is 2.55. The van der Waals surface area contributed by atoms with Gasteiger partial charge in [-0.15, -0.1) is 0 Å². The summed E-state index contributed by atoms with van der Waals surface area (Å²) in [5.41, 5.74) is -0.484. The third-order valence-corrected chi connectivity index (χ3v) is 3.01. The molecule has 0 aliphatic rings. The van der Waals surface area contributed by atoms with Crippen LogP contribution in [0.15, 0.2) is 48.6 Å². The zero-order valence-corrected chi connectivity index (χ0v) is 12.8. The number of rotatable bonds is 5. The summed E-state index contributed by atoms with van der Waals surface area (Å²) in [6.07, 6.45) is 3.54. The van der Waals surface area contributed by atoms with Crippen LogP contribution in [0.3, 0.4) is 0 Å². The van der Waals surface area contributed by atoms with Crippen molar-refractivity contribution in [1.29, 1.82) is 5.26 Å². The highest BCUT2D eigenvalue weighted by Gasteiger charge is 2.16. The Morgan fingerprint density at radius 1 is 1.17 bits per heavy atom. The molecule has 0 bridgehead atoms. The van der Waals surface area contributed by atoms with Crippen LogP contribution < -0.4 is 9.47 Å². The Bertz CT molecular complexity index is 825. The van der Waals surface area contributed by atoms with Crippen LogP contribution in [-0.2, 0) is 0 Å². The summed E-state index contributed by atoms with van der Waals surface area (Å²) < 4.78 is 37.6. The van der Waals surface area contributed by atoms with Gasteiger partial charge in [-0.05, 0) is 31.2 Å². The van der Waals surface area contributed by atoms with Crippen LogP contribution in [0.25, 0.3) is 0 Å². The van der Waals surface area contributed by atoms with Crippen LogP contribution >= 0.6 is 0 Å². The van der Waals surface area contributed by atoms with Gasteiger partial charge in [-0.1, -0.05) is 12.2 Å². The number of esters is 1. The van der Waals surface area contributed by atoms with Crippen molar-refractivity contribution in [2.45, 2.75) is 6.92 Å². The van der Waals surface area contributed by atoms with Crippen molar-refractivity contribution in [1.82, 2.24) is 0 Å². The lowest BCUT2D eigenvalue weighted by Crippen LogP contribution is -2.11. The van der Waals surface area contributed by atoms with E-state index in [1.807, 2.05) is 6.92 Å². The fourth-order valence-corrected chi connectivity index (χ4v) is 1.80. The highest BCUT2D eigenvalue weighted by molar-refractivity contribution is 5.91. The van der Waals surface area contributed by atoms with Gasteiger partial charge < -0.3 is 9.47 Å². The molecule has 0 radical (unpaired) electrons. The number of ether oxygens (including phenoxy) is 2. The van der Waals surface area contributed by atoms with E-state index in [4.69, 9.17) is 14.7 Å². The smallest absolute Gasteiger partial charge is 0.346 e. The molecule has 0 aliphatic heterocycles. The molecule has 0 aromatic heterocycles. The Balaban J connectivity index is 2.12. The van der Waals surface area contributed by atoms with Gasteiger partial charge in [-0.3, -0.25) is 0 Å². The second kappa shape index (κ2) is 7.88. The highest BCUT2D eigenvalue weighted by atomic mass is 19.1. The number of nitriles is 1. The van der Waals surface area contributed by atoms with Crippen molar-refractivity contribution in [2.75, 3.05) is 6.61 Å². The van der Waals surface area contributed by atoms with Crippen LogP contribution in [0.5, 0.6) is 11.5 Å². The summed E-state index contributed by atoms with van der Waals surface area (Å²) in [5, 5.41) is 8.65. The lowest BCUT2D eigenvalue weighted by Gasteiger charge is -2.08. The molecule has 0 saturated carbocycles. The molecule has 0 unspecified atom stereocenters. The van der Waals surface area contributed by atoms with Gasteiger partial charge in [0.2, 0.25) is 0 Å². The first-order valence-corrected chi connectivity index (χ1v) is 7.00. The summed E-state index contributed by atoms with van der Waals surface area (Å²) in [6, 6.07) is 8.70. The first-order valence-electron chi connectivity index (χ1n) is 7.00. The number of allylic oxidation sites excluding steroid dienone is 1. The SMILES string of the molecule is C/C=C/COc1ccc(C(=O)Oc2ccc(C#N)c(F)c2)c(F)c1. The van der Waals surface area contributed by atoms with E-state index in [0.717, 1.165) is 12.1 Å². The minimum absolute atomic E-state index is 0.121. The molecule has 0 atom stereocenters. The number of carbonyl (C=O) groups excluding carboxylic acids is 1. The third kappa shape index (κ3) is 4.17. The van der Waals surface area contributed by atoms with E-state index in [1.165, 1.54) is 24.3 Å². The van der Waals surface area contributed by atoms with E-state index >= 15 is 0 Å². The van der Waals surface area contributed by atoms with Gasteiger partial charge in [-0.25, -0.2) is 13.6 Å². The largest absolute Gasteiger partial charge is 0.489 e. The second-order valence-electron chi connectivity index (χ2n) is 4.66. The van der Waals surface area contributed by atoms with Gasteiger partial charge in [0, 0.05) is 12.1 Å². The van der Waals surface area contributed by atoms with Crippen molar-refractivity contribution in [3.8, 4) is 17.6 Å². The molecule has 6 heteroatoms. The van der Waals surface area contributed by atoms with E-state index in [1.54, 1.807) is 18.2 Å². The predicted octanol–water partition coefficient (Wildman–Crippen LogP) is 4.01.